The fraction of sp³-hybridized carbons (Fsp3) is 0.667. The summed E-state index contributed by atoms with van der Waals surface area (Å²) < 4.78 is 34.6. The molecule has 8 heteroatoms. The van der Waals surface area contributed by atoms with Gasteiger partial charge in [0.05, 0.1) is 13.2 Å². The molecule has 8 nitrogen and oxygen atoms in total. The average molecular weight is 412 g/mol. The number of hydrogen-bond donors (Lipinski definition) is 1. The summed E-state index contributed by atoms with van der Waals surface area (Å²) in [6.07, 6.45) is -3.08. The van der Waals surface area contributed by atoms with Crippen LogP contribution < -0.4 is 0 Å². The molecule has 0 amide bonds. The van der Waals surface area contributed by atoms with Crippen LogP contribution in [0.2, 0.25) is 0 Å². The molecule has 5 atom stereocenters. The monoisotopic (exact) mass is 412 g/mol. The first-order valence-electron chi connectivity index (χ1n) is 9.74. The molecule has 0 aromatic heterocycles. The van der Waals surface area contributed by atoms with E-state index >= 15 is 0 Å². The molecule has 29 heavy (non-hydrogen) atoms. The molecule has 1 aromatic carbocycles. The summed E-state index contributed by atoms with van der Waals surface area (Å²) in [5.74, 6) is -0.718. The molecule has 1 aliphatic rings. The van der Waals surface area contributed by atoms with Gasteiger partial charge in [0, 0.05) is 20.8 Å². The third kappa shape index (κ3) is 7.33. The van der Waals surface area contributed by atoms with Gasteiger partial charge in [0.15, 0.2) is 6.29 Å². The first-order chi connectivity index (χ1) is 14.0. The van der Waals surface area contributed by atoms with Crippen LogP contribution >= 0.6 is 0 Å². The van der Waals surface area contributed by atoms with Crippen LogP contribution in [0.5, 0.6) is 0 Å². The topological polar surface area (TPSA) is 92.7 Å². The van der Waals surface area contributed by atoms with E-state index in [0.29, 0.717) is 19.1 Å². The lowest BCUT2D eigenvalue weighted by atomic mass is 9.98. The van der Waals surface area contributed by atoms with E-state index in [0.717, 1.165) is 5.56 Å². The molecule has 0 spiro atoms. The molecular formula is C21H32O8. The van der Waals surface area contributed by atoms with Gasteiger partial charge in [0.1, 0.15) is 31.0 Å². The summed E-state index contributed by atoms with van der Waals surface area (Å²) in [7, 11) is 3.13. The van der Waals surface area contributed by atoms with Gasteiger partial charge in [0.2, 0.25) is 0 Å². The lowest BCUT2D eigenvalue weighted by Crippen LogP contribution is -2.61. The lowest BCUT2D eigenvalue weighted by Gasteiger charge is -2.44. The van der Waals surface area contributed by atoms with Crippen LogP contribution in [0.25, 0.3) is 0 Å². The third-order valence-corrected chi connectivity index (χ3v) is 4.53. The minimum atomic E-state index is -1.09. The van der Waals surface area contributed by atoms with E-state index in [-0.39, 0.29) is 6.61 Å². The van der Waals surface area contributed by atoms with Gasteiger partial charge in [0.25, 0.3) is 0 Å². The fourth-order valence-electron chi connectivity index (χ4n) is 3.22. The number of methoxy groups -OCH3 is 2. The van der Waals surface area contributed by atoms with Crippen molar-refractivity contribution < 1.29 is 38.3 Å². The molecule has 164 valence electrons. The van der Waals surface area contributed by atoms with Crippen molar-refractivity contribution in [3.05, 3.63) is 35.9 Å². The Balaban J connectivity index is 2.14. The second-order valence-corrected chi connectivity index (χ2v) is 7.34. The molecule has 0 bridgehead atoms. The minimum Gasteiger partial charge on any atom is -0.480 e. The Bertz CT molecular complexity index is 594. The van der Waals surface area contributed by atoms with Crippen LogP contribution in [0.1, 0.15) is 19.4 Å². The third-order valence-electron chi connectivity index (χ3n) is 4.53. The molecule has 0 radical (unpaired) electrons. The van der Waals surface area contributed by atoms with Crippen molar-refractivity contribution in [3.63, 3.8) is 0 Å². The van der Waals surface area contributed by atoms with Gasteiger partial charge < -0.3 is 33.5 Å². The second-order valence-electron chi connectivity index (χ2n) is 7.34. The van der Waals surface area contributed by atoms with Gasteiger partial charge in [-0.05, 0) is 11.5 Å². The number of aliphatic carboxylic acids is 1. The van der Waals surface area contributed by atoms with E-state index in [1.165, 1.54) is 0 Å². The predicted octanol–water partition coefficient (Wildman–Crippen LogP) is 2.10. The van der Waals surface area contributed by atoms with Gasteiger partial charge >= 0.3 is 5.97 Å². The summed E-state index contributed by atoms with van der Waals surface area (Å²) in [5.41, 5.74) is 0.968. The molecule has 1 fully saturated rings. The molecule has 1 aliphatic heterocycles. The first-order valence-corrected chi connectivity index (χ1v) is 9.74. The molecule has 1 N–H and O–H groups in total. The summed E-state index contributed by atoms with van der Waals surface area (Å²) in [5, 5.41) is 9.03. The van der Waals surface area contributed by atoms with Gasteiger partial charge in [-0.3, -0.25) is 0 Å². The average Bonchev–Trinajstić information content (AvgIpc) is 2.70. The Labute approximate surface area is 172 Å². The van der Waals surface area contributed by atoms with Crippen LogP contribution in [-0.4, -0.2) is 75.8 Å². The van der Waals surface area contributed by atoms with Crippen molar-refractivity contribution in [2.24, 2.45) is 5.92 Å². The first kappa shape index (κ1) is 23.7. The smallest absolute Gasteiger partial charge is 0.329 e. The highest BCUT2D eigenvalue weighted by atomic mass is 16.7. The quantitative estimate of drug-likeness (QED) is 0.558. The Morgan fingerprint density at radius 2 is 1.76 bits per heavy atom. The minimum absolute atomic E-state index is 0.273. The van der Waals surface area contributed by atoms with Gasteiger partial charge in [-0.2, -0.15) is 0 Å². The number of rotatable bonds is 12. The molecule has 0 unspecified atom stereocenters. The predicted molar refractivity (Wildman–Crippen MR) is 105 cm³/mol. The van der Waals surface area contributed by atoms with Crippen LogP contribution in [0.4, 0.5) is 0 Å². The second kappa shape index (κ2) is 12.2. The SMILES string of the molecule is CO[C@@H]1[C@H](OCc2ccccc2)[C@@H](OCC(=O)O)O[C@H](COCC(C)C)[C@H]1OC. The number of carboxylic acid groups (broad SMARTS) is 1. The summed E-state index contributed by atoms with van der Waals surface area (Å²) in [6, 6.07) is 9.64. The zero-order valence-electron chi connectivity index (χ0n) is 17.5. The Morgan fingerprint density at radius 1 is 1.07 bits per heavy atom. The highest BCUT2D eigenvalue weighted by Crippen LogP contribution is 2.29. The number of carbonyl (C=O) groups is 1. The van der Waals surface area contributed by atoms with E-state index in [1.54, 1.807) is 14.2 Å². The summed E-state index contributed by atoms with van der Waals surface area (Å²) in [4.78, 5) is 11.0. The standard InChI is InChI=1S/C21H32O8/c1-14(2)10-26-12-16-18(24-3)19(25-4)20(21(29-16)28-13-17(22)23)27-11-15-8-6-5-7-9-15/h5-9,14,16,18-21H,10-13H2,1-4H3,(H,22,23)/t16-,18-,19+,20+,21+/m1/s1. The maximum atomic E-state index is 11.0. The number of hydrogen-bond acceptors (Lipinski definition) is 7. The molecule has 1 saturated heterocycles. The molecule has 1 heterocycles. The van der Waals surface area contributed by atoms with Crippen molar-refractivity contribution in [2.45, 2.75) is 51.2 Å². The number of carboxylic acids is 1. The highest BCUT2D eigenvalue weighted by molar-refractivity contribution is 5.68. The maximum Gasteiger partial charge on any atom is 0.329 e. The molecule has 0 aliphatic carbocycles. The molecule has 2 rings (SSSR count). The van der Waals surface area contributed by atoms with Crippen molar-refractivity contribution in [1.82, 2.24) is 0 Å². The highest BCUT2D eigenvalue weighted by Gasteiger charge is 2.48. The van der Waals surface area contributed by atoms with Gasteiger partial charge in [-0.15, -0.1) is 0 Å². The van der Waals surface area contributed by atoms with E-state index in [4.69, 9.17) is 33.5 Å². The van der Waals surface area contributed by atoms with Crippen LogP contribution in [0.3, 0.4) is 0 Å². The molecule has 1 aromatic rings. The summed E-state index contributed by atoms with van der Waals surface area (Å²) in [6.45, 7) is 4.74. The van der Waals surface area contributed by atoms with Gasteiger partial charge in [-0.1, -0.05) is 44.2 Å². The molecule has 0 saturated carbocycles. The lowest BCUT2D eigenvalue weighted by molar-refractivity contribution is -0.318. The van der Waals surface area contributed by atoms with E-state index in [9.17, 15) is 4.79 Å². The van der Waals surface area contributed by atoms with Crippen molar-refractivity contribution in [3.8, 4) is 0 Å². The summed E-state index contributed by atoms with van der Waals surface area (Å²) >= 11 is 0. The van der Waals surface area contributed by atoms with Crippen LogP contribution in [-0.2, 0) is 39.8 Å². The Kier molecular flexibility index (Phi) is 9.99. The fourth-order valence-corrected chi connectivity index (χ4v) is 3.22. The Morgan fingerprint density at radius 3 is 2.34 bits per heavy atom. The maximum absolute atomic E-state index is 11.0. The van der Waals surface area contributed by atoms with Crippen molar-refractivity contribution in [2.75, 3.05) is 34.0 Å². The number of benzene rings is 1. The van der Waals surface area contributed by atoms with E-state index < -0.39 is 43.3 Å². The zero-order chi connectivity index (χ0) is 21.2. The van der Waals surface area contributed by atoms with Crippen molar-refractivity contribution in [1.29, 1.82) is 0 Å². The zero-order valence-corrected chi connectivity index (χ0v) is 17.5. The van der Waals surface area contributed by atoms with E-state index in [2.05, 4.69) is 13.8 Å². The molecular weight excluding hydrogens is 380 g/mol. The Hall–Kier alpha value is -1.55. The van der Waals surface area contributed by atoms with Gasteiger partial charge in [-0.25, -0.2) is 4.79 Å². The van der Waals surface area contributed by atoms with Crippen LogP contribution in [0.15, 0.2) is 30.3 Å². The van der Waals surface area contributed by atoms with E-state index in [1.807, 2.05) is 30.3 Å². The number of ether oxygens (including phenoxy) is 6. The van der Waals surface area contributed by atoms with Crippen molar-refractivity contribution >= 4 is 5.97 Å². The normalized spacial score (nSPS) is 27.3. The largest absolute Gasteiger partial charge is 0.480 e. The van der Waals surface area contributed by atoms with Crippen LogP contribution in [0, 0.1) is 5.92 Å².